The highest BCUT2D eigenvalue weighted by molar-refractivity contribution is 6.02. The average molecular weight is 351 g/mol. The number of rotatable bonds is 4. The van der Waals surface area contributed by atoms with E-state index in [0.717, 1.165) is 43.7 Å². The molecular weight excluding hydrogens is 326 g/mol. The number of carbonyl (C=O) groups is 1. The molecule has 1 aromatic carbocycles. The molecule has 0 unspecified atom stereocenters. The van der Waals surface area contributed by atoms with Crippen LogP contribution in [0.4, 0.5) is 11.5 Å². The Bertz CT molecular complexity index is 720. The lowest BCUT2D eigenvalue weighted by Crippen LogP contribution is -2.50. The first-order valence-corrected chi connectivity index (χ1v) is 9.49. The van der Waals surface area contributed by atoms with Crippen LogP contribution in [-0.2, 0) is 0 Å². The highest BCUT2D eigenvalue weighted by Gasteiger charge is 2.26. The van der Waals surface area contributed by atoms with Crippen molar-refractivity contribution >= 4 is 17.4 Å². The molecule has 6 nitrogen and oxygen atoms in total. The number of para-hydroxylation sites is 1. The van der Waals surface area contributed by atoms with Crippen molar-refractivity contribution < 1.29 is 4.79 Å². The van der Waals surface area contributed by atoms with Crippen molar-refractivity contribution in [2.45, 2.75) is 31.7 Å². The highest BCUT2D eigenvalue weighted by atomic mass is 16.1. The third kappa shape index (κ3) is 3.85. The number of nitrogens with one attached hydrogen (secondary N) is 1. The molecule has 1 saturated carbocycles. The fourth-order valence-electron chi connectivity index (χ4n) is 3.92. The summed E-state index contributed by atoms with van der Waals surface area (Å²) in [5.41, 5.74) is 1.09. The molecule has 4 rings (SSSR count). The number of hydrogen-bond donors (Lipinski definition) is 1. The van der Waals surface area contributed by atoms with Crippen molar-refractivity contribution in [2.24, 2.45) is 0 Å². The maximum absolute atomic E-state index is 12.3. The van der Waals surface area contributed by atoms with Crippen LogP contribution < -0.4 is 10.2 Å². The standard InChI is InChI=1S/C20H25N5O/c26-20(21-16-6-2-1-3-7-16)18-10-11-19(23-22-18)25-14-12-24(13-15-25)17-8-4-5-9-17/h1-3,6-7,10-11,17H,4-5,8-9,12-15H2,(H,21,26). The zero-order valence-corrected chi connectivity index (χ0v) is 15.0. The van der Waals surface area contributed by atoms with Crippen LogP contribution in [0.25, 0.3) is 0 Å². The number of benzene rings is 1. The molecule has 1 aliphatic carbocycles. The number of nitrogens with zero attached hydrogens (tertiary/aromatic N) is 4. The van der Waals surface area contributed by atoms with Gasteiger partial charge in [0.05, 0.1) is 0 Å². The number of piperazine rings is 1. The third-order valence-electron chi connectivity index (χ3n) is 5.39. The molecule has 2 aromatic rings. The van der Waals surface area contributed by atoms with Crippen molar-refractivity contribution in [3.05, 3.63) is 48.2 Å². The molecule has 2 aliphatic rings. The van der Waals surface area contributed by atoms with Gasteiger partial charge in [-0.05, 0) is 37.1 Å². The van der Waals surface area contributed by atoms with Gasteiger partial charge < -0.3 is 10.2 Å². The molecule has 2 heterocycles. The van der Waals surface area contributed by atoms with E-state index >= 15 is 0 Å². The van der Waals surface area contributed by atoms with Crippen LogP contribution in [0, 0.1) is 0 Å². The Balaban J connectivity index is 1.33. The summed E-state index contributed by atoms with van der Waals surface area (Å²) in [4.78, 5) is 17.1. The number of carbonyl (C=O) groups excluding carboxylic acids is 1. The second-order valence-corrected chi connectivity index (χ2v) is 7.06. The van der Waals surface area contributed by atoms with Gasteiger partial charge in [0.15, 0.2) is 11.5 Å². The van der Waals surface area contributed by atoms with E-state index in [1.807, 2.05) is 36.4 Å². The smallest absolute Gasteiger partial charge is 0.276 e. The minimum Gasteiger partial charge on any atom is -0.353 e. The molecule has 0 bridgehead atoms. The first-order chi connectivity index (χ1) is 12.8. The molecule has 0 spiro atoms. The van der Waals surface area contributed by atoms with Crippen molar-refractivity contribution in [3.63, 3.8) is 0 Å². The van der Waals surface area contributed by atoms with Crippen LogP contribution in [0.15, 0.2) is 42.5 Å². The van der Waals surface area contributed by atoms with E-state index in [2.05, 4.69) is 25.3 Å². The molecule has 0 radical (unpaired) electrons. The number of amides is 1. The molecule has 0 atom stereocenters. The van der Waals surface area contributed by atoms with Crippen molar-refractivity contribution in [1.82, 2.24) is 15.1 Å². The van der Waals surface area contributed by atoms with E-state index in [9.17, 15) is 4.79 Å². The first kappa shape index (κ1) is 17.0. The molecule has 1 N–H and O–H groups in total. The minimum absolute atomic E-state index is 0.235. The molecule has 1 amide bonds. The summed E-state index contributed by atoms with van der Waals surface area (Å²) in [6.07, 6.45) is 5.46. The second kappa shape index (κ2) is 7.83. The zero-order chi connectivity index (χ0) is 17.8. The topological polar surface area (TPSA) is 61.4 Å². The first-order valence-electron chi connectivity index (χ1n) is 9.49. The number of aromatic nitrogens is 2. The van der Waals surface area contributed by atoms with Gasteiger partial charge in [-0.1, -0.05) is 31.0 Å². The minimum atomic E-state index is -0.235. The van der Waals surface area contributed by atoms with E-state index in [4.69, 9.17) is 0 Å². The zero-order valence-electron chi connectivity index (χ0n) is 15.0. The summed E-state index contributed by atoms with van der Waals surface area (Å²) in [6.45, 7) is 4.12. The lowest BCUT2D eigenvalue weighted by atomic mass is 10.2. The van der Waals surface area contributed by atoms with E-state index in [-0.39, 0.29) is 5.91 Å². The van der Waals surface area contributed by atoms with Gasteiger partial charge in [-0.25, -0.2) is 0 Å². The van der Waals surface area contributed by atoms with Crippen LogP contribution in [0.5, 0.6) is 0 Å². The van der Waals surface area contributed by atoms with Crippen LogP contribution in [-0.4, -0.2) is 53.2 Å². The van der Waals surface area contributed by atoms with E-state index < -0.39 is 0 Å². The summed E-state index contributed by atoms with van der Waals surface area (Å²) in [6, 6.07) is 13.8. The fourth-order valence-corrected chi connectivity index (χ4v) is 3.92. The van der Waals surface area contributed by atoms with Crippen molar-refractivity contribution in [3.8, 4) is 0 Å². The van der Waals surface area contributed by atoms with Gasteiger partial charge in [0, 0.05) is 37.9 Å². The van der Waals surface area contributed by atoms with Crippen LogP contribution in [0.1, 0.15) is 36.2 Å². The Morgan fingerprint density at radius 3 is 2.31 bits per heavy atom. The lowest BCUT2D eigenvalue weighted by Gasteiger charge is -2.38. The maximum Gasteiger partial charge on any atom is 0.276 e. The SMILES string of the molecule is O=C(Nc1ccccc1)c1ccc(N2CCN(C3CCCC3)CC2)nn1. The van der Waals surface area contributed by atoms with Gasteiger partial charge in [-0.3, -0.25) is 9.69 Å². The molecule has 26 heavy (non-hydrogen) atoms. The van der Waals surface area contributed by atoms with Gasteiger partial charge in [0.1, 0.15) is 0 Å². The van der Waals surface area contributed by atoms with Crippen molar-refractivity contribution in [2.75, 3.05) is 36.4 Å². The molecule has 1 aromatic heterocycles. The van der Waals surface area contributed by atoms with Crippen molar-refractivity contribution in [1.29, 1.82) is 0 Å². The second-order valence-electron chi connectivity index (χ2n) is 7.06. The Kier molecular flexibility index (Phi) is 5.11. The van der Waals surface area contributed by atoms with Crippen LogP contribution in [0.3, 0.4) is 0 Å². The normalized spacial score (nSPS) is 18.8. The van der Waals surface area contributed by atoms with Gasteiger partial charge in [-0.15, -0.1) is 10.2 Å². The molecule has 1 saturated heterocycles. The molecular formula is C20H25N5O. The average Bonchev–Trinajstić information content (AvgIpc) is 3.24. The third-order valence-corrected chi connectivity index (χ3v) is 5.39. The van der Waals surface area contributed by atoms with E-state index in [0.29, 0.717) is 5.69 Å². The van der Waals surface area contributed by atoms with Gasteiger partial charge >= 0.3 is 0 Å². The van der Waals surface area contributed by atoms with Crippen LogP contribution >= 0.6 is 0 Å². The largest absolute Gasteiger partial charge is 0.353 e. The predicted molar refractivity (Wildman–Crippen MR) is 102 cm³/mol. The Labute approximate surface area is 154 Å². The monoisotopic (exact) mass is 351 g/mol. The summed E-state index contributed by atoms with van der Waals surface area (Å²) < 4.78 is 0. The summed E-state index contributed by atoms with van der Waals surface area (Å²) >= 11 is 0. The van der Waals surface area contributed by atoms with E-state index in [1.54, 1.807) is 6.07 Å². The van der Waals surface area contributed by atoms with Crippen LogP contribution in [0.2, 0.25) is 0 Å². The number of hydrogen-bond acceptors (Lipinski definition) is 5. The maximum atomic E-state index is 12.3. The predicted octanol–water partition coefficient (Wildman–Crippen LogP) is 2.79. The van der Waals surface area contributed by atoms with Gasteiger partial charge in [-0.2, -0.15) is 0 Å². The molecule has 2 fully saturated rings. The lowest BCUT2D eigenvalue weighted by molar-refractivity contribution is 0.102. The summed E-state index contributed by atoms with van der Waals surface area (Å²) in [5, 5.41) is 11.2. The summed E-state index contributed by atoms with van der Waals surface area (Å²) in [7, 11) is 0. The molecule has 136 valence electrons. The van der Waals surface area contributed by atoms with E-state index in [1.165, 1.54) is 25.7 Å². The molecule has 1 aliphatic heterocycles. The summed E-state index contributed by atoms with van der Waals surface area (Å²) in [5.74, 6) is 0.619. The quantitative estimate of drug-likeness (QED) is 0.918. The van der Waals surface area contributed by atoms with Gasteiger partial charge in [0.25, 0.3) is 5.91 Å². The number of anilines is 2. The molecule has 6 heteroatoms. The Morgan fingerprint density at radius 1 is 0.923 bits per heavy atom. The Morgan fingerprint density at radius 2 is 1.65 bits per heavy atom. The Hall–Kier alpha value is -2.47. The van der Waals surface area contributed by atoms with Gasteiger partial charge in [0.2, 0.25) is 0 Å². The highest BCUT2D eigenvalue weighted by Crippen LogP contribution is 2.25. The fraction of sp³-hybridized carbons (Fsp3) is 0.450.